The molecule has 1 atom stereocenters. The quantitative estimate of drug-likeness (QED) is 0.816. The minimum Gasteiger partial charge on any atom is -0.392 e. The minimum atomic E-state index is -0.381. The van der Waals surface area contributed by atoms with Gasteiger partial charge in [-0.05, 0) is 30.2 Å². The third-order valence-electron chi connectivity index (χ3n) is 2.74. The molecule has 16 heavy (non-hydrogen) atoms. The summed E-state index contributed by atoms with van der Waals surface area (Å²) in [5.41, 5.74) is 1.13. The molecular weight excluding hydrogens is 207 g/mol. The van der Waals surface area contributed by atoms with Crippen molar-refractivity contribution in [1.82, 2.24) is 4.90 Å². The lowest BCUT2D eigenvalue weighted by atomic mass is 10.1. The molecule has 84 valence electrons. The van der Waals surface area contributed by atoms with Crippen molar-refractivity contribution < 1.29 is 9.50 Å². The number of aliphatic hydroxyl groups is 1. The molecule has 0 aromatic heterocycles. The predicted molar refractivity (Wildman–Crippen MR) is 57.0 cm³/mol. The summed E-state index contributed by atoms with van der Waals surface area (Å²) < 4.78 is 13.1. The normalized spacial score (nSPS) is 20.9. The fourth-order valence-electron chi connectivity index (χ4n) is 2.02. The Hall–Kier alpha value is -1.44. The first-order valence-electron chi connectivity index (χ1n) is 5.27. The van der Waals surface area contributed by atoms with Gasteiger partial charge in [-0.3, -0.25) is 4.90 Å². The number of nitriles is 1. The highest BCUT2D eigenvalue weighted by Gasteiger charge is 2.20. The van der Waals surface area contributed by atoms with E-state index in [9.17, 15) is 9.50 Å². The highest BCUT2D eigenvalue weighted by molar-refractivity contribution is 5.33. The third kappa shape index (κ3) is 2.57. The summed E-state index contributed by atoms with van der Waals surface area (Å²) in [6.45, 7) is 2.03. The van der Waals surface area contributed by atoms with Crippen LogP contribution in [0.3, 0.4) is 0 Å². The molecule has 1 saturated heterocycles. The number of hydrogen-bond donors (Lipinski definition) is 1. The van der Waals surface area contributed by atoms with Gasteiger partial charge in [-0.1, -0.05) is 0 Å². The predicted octanol–water partition coefficient (Wildman–Crippen LogP) is 1.26. The molecule has 1 heterocycles. The molecule has 1 fully saturated rings. The van der Waals surface area contributed by atoms with Crippen LogP contribution in [-0.2, 0) is 6.54 Å². The average Bonchev–Trinajstić information content (AvgIpc) is 2.63. The summed E-state index contributed by atoms with van der Waals surface area (Å²) in [4.78, 5) is 2.06. The summed E-state index contributed by atoms with van der Waals surface area (Å²) in [5.74, 6) is -0.381. The molecule has 1 unspecified atom stereocenters. The Kier molecular flexibility index (Phi) is 3.18. The molecule has 2 rings (SSSR count). The second-order valence-electron chi connectivity index (χ2n) is 4.14. The Morgan fingerprint density at radius 2 is 2.31 bits per heavy atom. The zero-order valence-corrected chi connectivity index (χ0v) is 8.86. The van der Waals surface area contributed by atoms with E-state index in [1.807, 2.05) is 6.07 Å². The van der Waals surface area contributed by atoms with Crippen molar-refractivity contribution in [3.63, 3.8) is 0 Å². The Morgan fingerprint density at radius 3 is 2.94 bits per heavy atom. The molecule has 3 nitrogen and oxygen atoms in total. The maximum absolute atomic E-state index is 13.1. The van der Waals surface area contributed by atoms with E-state index in [-0.39, 0.29) is 11.9 Å². The number of aliphatic hydroxyl groups excluding tert-OH is 1. The first kappa shape index (κ1) is 11.1. The monoisotopic (exact) mass is 220 g/mol. The van der Waals surface area contributed by atoms with E-state index in [0.717, 1.165) is 18.5 Å². The van der Waals surface area contributed by atoms with Crippen LogP contribution in [0.25, 0.3) is 0 Å². The van der Waals surface area contributed by atoms with Crippen LogP contribution in [0.5, 0.6) is 0 Å². The highest BCUT2D eigenvalue weighted by Crippen LogP contribution is 2.15. The van der Waals surface area contributed by atoms with Crippen LogP contribution in [0.1, 0.15) is 17.5 Å². The van der Waals surface area contributed by atoms with E-state index >= 15 is 0 Å². The Balaban J connectivity index is 2.10. The van der Waals surface area contributed by atoms with Gasteiger partial charge in [0.05, 0.1) is 17.7 Å². The van der Waals surface area contributed by atoms with E-state index in [4.69, 9.17) is 5.26 Å². The van der Waals surface area contributed by atoms with Crippen molar-refractivity contribution in [2.45, 2.75) is 19.1 Å². The van der Waals surface area contributed by atoms with Gasteiger partial charge < -0.3 is 5.11 Å². The molecule has 4 heteroatoms. The molecule has 0 bridgehead atoms. The molecule has 0 radical (unpaired) electrons. The van der Waals surface area contributed by atoms with E-state index < -0.39 is 0 Å². The fraction of sp³-hybridized carbons (Fsp3) is 0.417. The largest absolute Gasteiger partial charge is 0.392 e. The average molecular weight is 220 g/mol. The molecule has 0 aliphatic carbocycles. The molecule has 0 amide bonds. The second kappa shape index (κ2) is 4.60. The van der Waals surface area contributed by atoms with Crippen molar-refractivity contribution >= 4 is 0 Å². The van der Waals surface area contributed by atoms with Crippen LogP contribution in [0.15, 0.2) is 18.2 Å². The number of nitrogens with zero attached hydrogens (tertiary/aromatic N) is 2. The van der Waals surface area contributed by atoms with Gasteiger partial charge in [0.1, 0.15) is 5.82 Å². The van der Waals surface area contributed by atoms with Gasteiger partial charge >= 0.3 is 0 Å². The maximum Gasteiger partial charge on any atom is 0.124 e. The van der Waals surface area contributed by atoms with Gasteiger partial charge in [-0.15, -0.1) is 0 Å². The second-order valence-corrected chi connectivity index (χ2v) is 4.14. The lowest BCUT2D eigenvalue weighted by Gasteiger charge is -2.14. The standard InChI is InChI=1S/C12H13FN2O/c13-11-4-9(6-14)3-10(5-11)7-15-2-1-12(16)8-15/h3-5,12,16H,1-2,7-8H2. The van der Waals surface area contributed by atoms with Crippen LogP contribution in [0, 0.1) is 17.1 Å². The molecule has 0 spiro atoms. The first-order valence-corrected chi connectivity index (χ1v) is 5.27. The summed E-state index contributed by atoms with van der Waals surface area (Å²) in [6.07, 6.45) is 0.490. The smallest absolute Gasteiger partial charge is 0.124 e. The van der Waals surface area contributed by atoms with E-state index in [1.165, 1.54) is 12.1 Å². The number of likely N-dealkylation sites (tertiary alicyclic amines) is 1. The number of benzene rings is 1. The zero-order valence-electron chi connectivity index (χ0n) is 8.86. The lowest BCUT2D eigenvalue weighted by Crippen LogP contribution is -2.21. The van der Waals surface area contributed by atoms with Crippen LogP contribution in [-0.4, -0.2) is 29.2 Å². The summed E-state index contributed by atoms with van der Waals surface area (Å²) in [5, 5.41) is 18.1. The van der Waals surface area contributed by atoms with Crippen LogP contribution >= 0.6 is 0 Å². The Bertz CT molecular complexity index is 428. The SMILES string of the molecule is N#Cc1cc(F)cc(CN2CCC(O)C2)c1. The third-order valence-corrected chi connectivity index (χ3v) is 2.74. The van der Waals surface area contributed by atoms with Crippen LogP contribution in [0.2, 0.25) is 0 Å². The van der Waals surface area contributed by atoms with Gasteiger partial charge in [-0.2, -0.15) is 5.26 Å². The van der Waals surface area contributed by atoms with Gasteiger partial charge in [-0.25, -0.2) is 4.39 Å². The zero-order chi connectivity index (χ0) is 11.5. The number of β-amino-alcohol motifs (C(OH)–C–C–N with tert-alkyl or cyclic N) is 1. The van der Waals surface area contributed by atoms with Gasteiger partial charge in [0.25, 0.3) is 0 Å². The first-order chi connectivity index (χ1) is 7.67. The molecule has 0 saturated carbocycles. The van der Waals surface area contributed by atoms with Crippen molar-refractivity contribution in [3.8, 4) is 6.07 Å². The van der Waals surface area contributed by atoms with Crippen molar-refractivity contribution in [2.24, 2.45) is 0 Å². The topological polar surface area (TPSA) is 47.3 Å². The minimum absolute atomic E-state index is 0.274. The van der Waals surface area contributed by atoms with Crippen molar-refractivity contribution in [3.05, 3.63) is 35.1 Å². The highest BCUT2D eigenvalue weighted by atomic mass is 19.1. The summed E-state index contributed by atoms with van der Waals surface area (Å²) >= 11 is 0. The van der Waals surface area contributed by atoms with E-state index in [1.54, 1.807) is 6.07 Å². The van der Waals surface area contributed by atoms with E-state index in [2.05, 4.69) is 4.90 Å². The van der Waals surface area contributed by atoms with E-state index in [0.29, 0.717) is 18.7 Å². The lowest BCUT2D eigenvalue weighted by molar-refractivity contribution is 0.175. The Labute approximate surface area is 93.7 Å². The molecule has 1 aliphatic rings. The summed E-state index contributed by atoms with van der Waals surface area (Å²) in [6, 6.07) is 6.28. The van der Waals surface area contributed by atoms with Gasteiger partial charge in [0.2, 0.25) is 0 Å². The van der Waals surface area contributed by atoms with Crippen molar-refractivity contribution in [1.29, 1.82) is 5.26 Å². The summed E-state index contributed by atoms with van der Waals surface area (Å²) in [7, 11) is 0. The number of rotatable bonds is 2. The number of hydrogen-bond acceptors (Lipinski definition) is 3. The Morgan fingerprint density at radius 1 is 1.50 bits per heavy atom. The van der Waals surface area contributed by atoms with Crippen LogP contribution in [0.4, 0.5) is 4.39 Å². The maximum atomic E-state index is 13.1. The molecular formula is C12H13FN2O. The fourth-order valence-corrected chi connectivity index (χ4v) is 2.02. The van der Waals surface area contributed by atoms with Gasteiger partial charge in [0, 0.05) is 19.6 Å². The number of halogens is 1. The molecule has 1 N–H and O–H groups in total. The van der Waals surface area contributed by atoms with Crippen LogP contribution < -0.4 is 0 Å². The van der Waals surface area contributed by atoms with Crippen molar-refractivity contribution in [2.75, 3.05) is 13.1 Å². The molecule has 1 aromatic rings. The van der Waals surface area contributed by atoms with Gasteiger partial charge in [0.15, 0.2) is 0 Å². The molecule has 1 aliphatic heterocycles. The molecule has 1 aromatic carbocycles.